The molecule has 5 nitrogen and oxygen atoms in total. The first-order valence-electron chi connectivity index (χ1n) is 11.4. The van der Waals surface area contributed by atoms with Crippen LogP contribution >= 0.6 is 0 Å². The zero-order valence-electron chi connectivity index (χ0n) is 18.4. The van der Waals surface area contributed by atoms with Gasteiger partial charge in [-0.3, -0.25) is 4.79 Å². The van der Waals surface area contributed by atoms with Crippen LogP contribution in [0.4, 0.5) is 5.69 Å². The summed E-state index contributed by atoms with van der Waals surface area (Å²) in [5, 5.41) is 4.79. The second-order valence-electron chi connectivity index (χ2n) is 8.44. The van der Waals surface area contributed by atoms with Gasteiger partial charge in [0, 0.05) is 57.0 Å². The number of anilines is 1. The van der Waals surface area contributed by atoms with Gasteiger partial charge in [0.2, 0.25) is 5.91 Å². The first-order valence-corrected chi connectivity index (χ1v) is 11.4. The van der Waals surface area contributed by atoms with Crippen molar-refractivity contribution in [3.8, 4) is 0 Å². The van der Waals surface area contributed by atoms with Gasteiger partial charge in [-0.1, -0.05) is 36.4 Å². The molecule has 0 bridgehead atoms. The van der Waals surface area contributed by atoms with Crippen molar-refractivity contribution in [1.82, 2.24) is 9.47 Å². The molecule has 0 radical (unpaired) electrons. The highest BCUT2D eigenvalue weighted by molar-refractivity contribution is 5.92. The SMILES string of the molecule is CC(=O)N1CCC(CCOCCNc2cccc3c2ccn3Cc2ccccc2)CC1. The predicted octanol–water partition coefficient (Wildman–Crippen LogP) is 4.77. The fourth-order valence-electron chi connectivity index (χ4n) is 4.44. The Kier molecular flexibility index (Phi) is 7.26. The van der Waals surface area contributed by atoms with Crippen molar-refractivity contribution < 1.29 is 9.53 Å². The van der Waals surface area contributed by atoms with Gasteiger partial charge in [0.05, 0.1) is 12.1 Å². The van der Waals surface area contributed by atoms with E-state index < -0.39 is 0 Å². The van der Waals surface area contributed by atoms with Crippen LogP contribution in [-0.2, 0) is 16.1 Å². The van der Waals surface area contributed by atoms with Crippen LogP contribution in [0, 0.1) is 5.92 Å². The molecular weight excluding hydrogens is 386 g/mol. The summed E-state index contributed by atoms with van der Waals surface area (Å²) in [6.07, 6.45) is 5.45. The summed E-state index contributed by atoms with van der Waals surface area (Å²) >= 11 is 0. The highest BCUT2D eigenvalue weighted by Crippen LogP contribution is 2.25. The molecule has 1 fully saturated rings. The van der Waals surface area contributed by atoms with Gasteiger partial charge in [0.1, 0.15) is 0 Å². The first kappa shape index (κ1) is 21.4. The molecule has 1 saturated heterocycles. The van der Waals surface area contributed by atoms with E-state index in [4.69, 9.17) is 4.74 Å². The molecular formula is C26H33N3O2. The normalized spacial score (nSPS) is 14.8. The summed E-state index contributed by atoms with van der Waals surface area (Å²) in [7, 11) is 0. The fraction of sp³-hybridized carbons (Fsp3) is 0.423. The number of hydrogen-bond donors (Lipinski definition) is 1. The first-order chi connectivity index (χ1) is 15.2. The molecule has 0 unspecified atom stereocenters. The minimum absolute atomic E-state index is 0.200. The largest absolute Gasteiger partial charge is 0.382 e. The van der Waals surface area contributed by atoms with Gasteiger partial charge in [-0.05, 0) is 48.9 Å². The van der Waals surface area contributed by atoms with Crippen LogP contribution in [0.2, 0.25) is 0 Å². The fourth-order valence-corrected chi connectivity index (χ4v) is 4.44. The number of fused-ring (bicyclic) bond motifs is 1. The summed E-state index contributed by atoms with van der Waals surface area (Å²) < 4.78 is 8.18. The van der Waals surface area contributed by atoms with Crippen molar-refractivity contribution in [3.05, 3.63) is 66.4 Å². The average molecular weight is 420 g/mol. The Hall–Kier alpha value is -2.79. The average Bonchev–Trinajstić information content (AvgIpc) is 3.20. The number of likely N-dealkylation sites (tertiary alicyclic amines) is 1. The molecule has 0 saturated carbocycles. The van der Waals surface area contributed by atoms with E-state index in [0.717, 1.165) is 57.7 Å². The number of carbonyl (C=O) groups is 1. The van der Waals surface area contributed by atoms with E-state index in [-0.39, 0.29) is 5.91 Å². The van der Waals surface area contributed by atoms with E-state index in [1.807, 2.05) is 4.90 Å². The monoisotopic (exact) mass is 419 g/mol. The number of rotatable bonds is 9. The van der Waals surface area contributed by atoms with E-state index in [2.05, 4.69) is 70.7 Å². The summed E-state index contributed by atoms with van der Waals surface area (Å²) in [5.41, 5.74) is 3.70. The number of nitrogens with one attached hydrogen (secondary N) is 1. The maximum atomic E-state index is 11.4. The Balaban J connectivity index is 1.21. The molecule has 0 spiro atoms. The number of nitrogens with zero attached hydrogens (tertiary/aromatic N) is 2. The van der Waals surface area contributed by atoms with E-state index in [0.29, 0.717) is 12.5 Å². The van der Waals surface area contributed by atoms with Gasteiger partial charge < -0.3 is 19.5 Å². The predicted molar refractivity (Wildman–Crippen MR) is 126 cm³/mol. The smallest absolute Gasteiger partial charge is 0.219 e. The molecule has 1 amide bonds. The molecule has 2 aromatic carbocycles. The number of benzene rings is 2. The van der Waals surface area contributed by atoms with Crippen LogP contribution in [0.15, 0.2) is 60.8 Å². The molecule has 1 aliphatic rings. The third-order valence-electron chi connectivity index (χ3n) is 6.30. The molecule has 1 N–H and O–H groups in total. The zero-order chi connectivity index (χ0) is 21.5. The highest BCUT2D eigenvalue weighted by atomic mass is 16.5. The van der Waals surface area contributed by atoms with Gasteiger partial charge in [-0.25, -0.2) is 0 Å². The van der Waals surface area contributed by atoms with Gasteiger partial charge in [-0.15, -0.1) is 0 Å². The lowest BCUT2D eigenvalue weighted by molar-refractivity contribution is -0.130. The summed E-state index contributed by atoms with van der Waals surface area (Å²) in [5.74, 6) is 0.882. The molecule has 2 heterocycles. The Bertz CT molecular complexity index is 975. The minimum atomic E-state index is 0.200. The number of ether oxygens (including phenoxy) is 1. The molecule has 164 valence electrons. The Morgan fingerprint density at radius 1 is 1.03 bits per heavy atom. The maximum Gasteiger partial charge on any atom is 0.219 e. The Labute approximate surface area is 185 Å². The third-order valence-corrected chi connectivity index (χ3v) is 6.30. The molecule has 5 heteroatoms. The van der Waals surface area contributed by atoms with Crippen LogP contribution in [0.25, 0.3) is 10.9 Å². The van der Waals surface area contributed by atoms with Gasteiger partial charge >= 0.3 is 0 Å². The van der Waals surface area contributed by atoms with Crippen molar-refractivity contribution in [2.75, 3.05) is 38.2 Å². The second kappa shape index (κ2) is 10.5. The summed E-state index contributed by atoms with van der Waals surface area (Å²) in [6.45, 7) is 6.63. The lowest BCUT2D eigenvalue weighted by Crippen LogP contribution is -2.37. The Morgan fingerprint density at radius 3 is 2.61 bits per heavy atom. The quantitative estimate of drug-likeness (QED) is 0.509. The van der Waals surface area contributed by atoms with Crippen LogP contribution < -0.4 is 5.32 Å². The van der Waals surface area contributed by atoms with Gasteiger partial charge in [-0.2, -0.15) is 0 Å². The number of piperidine rings is 1. The molecule has 1 aliphatic heterocycles. The molecule has 4 rings (SSSR count). The molecule has 31 heavy (non-hydrogen) atoms. The van der Waals surface area contributed by atoms with Crippen LogP contribution in [0.3, 0.4) is 0 Å². The summed E-state index contributed by atoms with van der Waals surface area (Å²) in [4.78, 5) is 13.4. The molecule has 1 aromatic heterocycles. The molecule has 0 aliphatic carbocycles. The Morgan fingerprint density at radius 2 is 1.84 bits per heavy atom. The van der Waals surface area contributed by atoms with Crippen molar-refractivity contribution in [1.29, 1.82) is 0 Å². The lowest BCUT2D eigenvalue weighted by atomic mass is 9.94. The molecule has 0 atom stereocenters. The maximum absolute atomic E-state index is 11.4. The van der Waals surface area contributed by atoms with Gasteiger partial charge in [0.25, 0.3) is 0 Å². The second-order valence-corrected chi connectivity index (χ2v) is 8.44. The van der Waals surface area contributed by atoms with E-state index in [9.17, 15) is 4.79 Å². The standard InChI is InChI=1S/C26H33N3O2/c1-21(30)28-15-10-22(11-16-28)13-18-31-19-14-27-25-8-5-9-26-24(25)12-17-29(26)20-23-6-3-2-4-7-23/h2-9,12,17,22,27H,10-11,13-16,18-20H2,1H3. The topological polar surface area (TPSA) is 46.5 Å². The lowest BCUT2D eigenvalue weighted by Gasteiger charge is -2.31. The minimum Gasteiger partial charge on any atom is -0.382 e. The van der Waals surface area contributed by atoms with Crippen LogP contribution in [0.5, 0.6) is 0 Å². The van der Waals surface area contributed by atoms with E-state index >= 15 is 0 Å². The molecule has 3 aromatic rings. The van der Waals surface area contributed by atoms with Crippen LogP contribution in [-0.4, -0.2) is 48.2 Å². The van der Waals surface area contributed by atoms with E-state index in [1.165, 1.54) is 16.5 Å². The van der Waals surface area contributed by atoms with Crippen molar-refractivity contribution in [3.63, 3.8) is 0 Å². The zero-order valence-corrected chi connectivity index (χ0v) is 18.4. The van der Waals surface area contributed by atoms with Crippen molar-refractivity contribution in [2.45, 2.75) is 32.7 Å². The van der Waals surface area contributed by atoms with Crippen LogP contribution in [0.1, 0.15) is 31.7 Å². The van der Waals surface area contributed by atoms with Crippen molar-refractivity contribution in [2.24, 2.45) is 5.92 Å². The summed E-state index contributed by atoms with van der Waals surface area (Å²) in [6, 6.07) is 19.2. The van der Waals surface area contributed by atoms with Gasteiger partial charge in [0.15, 0.2) is 0 Å². The van der Waals surface area contributed by atoms with E-state index in [1.54, 1.807) is 6.92 Å². The highest BCUT2D eigenvalue weighted by Gasteiger charge is 2.20. The third kappa shape index (κ3) is 5.67. The van der Waals surface area contributed by atoms with Crippen molar-refractivity contribution >= 4 is 22.5 Å². The number of carbonyl (C=O) groups excluding carboxylic acids is 1. The number of hydrogen-bond acceptors (Lipinski definition) is 3. The number of amides is 1. The number of aromatic nitrogens is 1.